The number of esters is 1. The van der Waals surface area contributed by atoms with E-state index < -0.39 is 0 Å². The molecule has 2 rings (SSSR count). The van der Waals surface area contributed by atoms with Crippen LogP contribution in [0.15, 0.2) is 16.7 Å². The quantitative estimate of drug-likeness (QED) is 0.587. The second kappa shape index (κ2) is 7.04. The van der Waals surface area contributed by atoms with Crippen molar-refractivity contribution >= 4 is 44.7 Å². The van der Waals surface area contributed by atoms with Gasteiger partial charge in [0.05, 0.1) is 13.0 Å². The molecule has 7 heteroatoms. The van der Waals surface area contributed by atoms with E-state index in [0.717, 1.165) is 21.5 Å². The summed E-state index contributed by atoms with van der Waals surface area (Å²) < 4.78 is 7.75. The summed E-state index contributed by atoms with van der Waals surface area (Å²) in [6.07, 6.45) is 2.65. The Kier molecular flexibility index (Phi) is 5.37. The SMILES string of the molecule is CCOC(=O)CCn1c(CCCl)nc2cc(Br)cnc21. The lowest BCUT2D eigenvalue weighted by molar-refractivity contribution is -0.143. The molecule has 0 aliphatic rings. The van der Waals surface area contributed by atoms with Gasteiger partial charge in [0.15, 0.2) is 5.65 Å². The number of fused-ring (bicyclic) bond motifs is 1. The maximum absolute atomic E-state index is 11.5. The van der Waals surface area contributed by atoms with E-state index in [1.165, 1.54) is 0 Å². The molecule has 0 aliphatic heterocycles. The lowest BCUT2D eigenvalue weighted by Gasteiger charge is -2.07. The highest BCUT2D eigenvalue weighted by Gasteiger charge is 2.13. The van der Waals surface area contributed by atoms with Gasteiger partial charge in [-0.2, -0.15) is 0 Å². The minimum atomic E-state index is -0.219. The third-order valence-corrected chi connectivity index (χ3v) is 3.42. The highest BCUT2D eigenvalue weighted by molar-refractivity contribution is 9.10. The highest BCUT2D eigenvalue weighted by atomic mass is 79.9. The average molecular weight is 361 g/mol. The summed E-state index contributed by atoms with van der Waals surface area (Å²) in [5.74, 6) is 1.09. The predicted molar refractivity (Wildman–Crippen MR) is 80.9 cm³/mol. The minimum absolute atomic E-state index is 0.219. The Morgan fingerprint density at radius 2 is 2.35 bits per heavy atom. The number of carbonyl (C=O) groups excluding carboxylic acids is 1. The van der Waals surface area contributed by atoms with Crippen LogP contribution in [0.4, 0.5) is 0 Å². The summed E-state index contributed by atoms with van der Waals surface area (Å²) in [7, 11) is 0. The van der Waals surface area contributed by atoms with Crippen molar-refractivity contribution in [3.05, 3.63) is 22.6 Å². The van der Waals surface area contributed by atoms with Crippen LogP contribution in [0.2, 0.25) is 0 Å². The van der Waals surface area contributed by atoms with Crippen LogP contribution in [0.1, 0.15) is 19.2 Å². The van der Waals surface area contributed by atoms with E-state index >= 15 is 0 Å². The topological polar surface area (TPSA) is 57.0 Å². The fraction of sp³-hybridized carbons (Fsp3) is 0.462. The molecule has 0 radical (unpaired) electrons. The fourth-order valence-electron chi connectivity index (χ4n) is 1.98. The summed E-state index contributed by atoms with van der Waals surface area (Å²) in [6, 6.07) is 1.90. The zero-order valence-electron chi connectivity index (χ0n) is 11.1. The molecule has 0 aromatic carbocycles. The number of alkyl halides is 1. The van der Waals surface area contributed by atoms with Crippen LogP contribution in [-0.2, 0) is 22.5 Å². The maximum atomic E-state index is 11.5. The van der Waals surface area contributed by atoms with Gasteiger partial charge in [0.2, 0.25) is 0 Å². The Labute approximate surface area is 130 Å². The number of aryl methyl sites for hydroxylation is 2. The van der Waals surface area contributed by atoms with Crippen LogP contribution in [0, 0.1) is 0 Å². The molecule has 0 spiro atoms. The van der Waals surface area contributed by atoms with Gasteiger partial charge in [-0.05, 0) is 28.9 Å². The lowest BCUT2D eigenvalue weighted by Crippen LogP contribution is -2.11. The number of hydrogen-bond acceptors (Lipinski definition) is 4. The number of aromatic nitrogens is 3. The highest BCUT2D eigenvalue weighted by Crippen LogP contribution is 2.19. The van der Waals surface area contributed by atoms with Crippen LogP contribution < -0.4 is 0 Å². The van der Waals surface area contributed by atoms with E-state index in [1.54, 1.807) is 13.1 Å². The number of nitrogens with zero attached hydrogens (tertiary/aromatic N) is 3. The van der Waals surface area contributed by atoms with E-state index in [9.17, 15) is 4.79 Å². The standard InChI is InChI=1S/C13H15BrClN3O2/c1-2-20-12(19)4-6-18-11(3-5-15)17-10-7-9(14)8-16-13(10)18/h7-8H,2-6H2,1H3. The first-order chi connectivity index (χ1) is 9.65. The zero-order valence-corrected chi connectivity index (χ0v) is 13.4. The van der Waals surface area contributed by atoms with Gasteiger partial charge in [0.1, 0.15) is 11.3 Å². The van der Waals surface area contributed by atoms with E-state index in [0.29, 0.717) is 31.9 Å². The van der Waals surface area contributed by atoms with E-state index in [-0.39, 0.29) is 5.97 Å². The normalized spacial score (nSPS) is 10.9. The number of imidazole rings is 1. The maximum Gasteiger partial charge on any atom is 0.307 e. The number of hydrogen-bond donors (Lipinski definition) is 0. The Balaban J connectivity index is 2.28. The summed E-state index contributed by atoms with van der Waals surface area (Å²) >= 11 is 9.18. The van der Waals surface area contributed by atoms with E-state index in [4.69, 9.17) is 16.3 Å². The zero-order chi connectivity index (χ0) is 14.5. The Morgan fingerprint density at radius 3 is 3.05 bits per heavy atom. The fourth-order valence-corrected chi connectivity index (χ4v) is 2.47. The van der Waals surface area contributed by atoms with Crippen molar-refractivity contribution in [1.29, 1.82) is 0 Å². The van der Waals surface area contributed by atoms with Gasteiger partial charge in [-0.25, -0.2) is 9.97 Å². The number of halogens is 2. The molecule has 2 heterocycles. The van der Waals surface area contributed by atoms with Crippen LogP contribution in [0.5, 0.6) is 0 Å². The number of pyridine rings is 1. The van der Waals surface area contributed by atoms with Crippen molar-refractivity contribution < 1.29 is 9.53 Å². The molecule has 2 aromatic rings. The molecule has 0 amide bonds. The summed E-state index contributed by atoms with van der Waals surface area (Å²) in [4.78, 5) is 20.4. The average Bonchev–Trinajstić information content (AvgIpc) is 2.74. The van der Waals surface area contributed by atoms with Gasteiger partial charge in [-0.15, -0.1) is 11.6 Å². The molecule has 20 heavy (non-hydrogen) atoms. The van der Waals surface area contributed by atoms with Gasteiger partial charge in [0, 0.05) is 29.5 Å². The number of ether oxygens (including phenoxy) is 1. The molecule has 5 nitrogen and oxygen atoms in total. The predicted octanol–water partition coefficient (Wildman–Crippen LogP) is 2.93. The first-order valence-electron chi connectivity index (χ1n) is 6.38. The van der Waals surface area contributed by atoms with Crippen molar-refractivity contribution in [2.24, 2.45) is 0 Å². The third-order valence-electron chi connectivity index (χ3n) is 2.79. The largest absolute Gasteiger partial charge is 0.466 e. The second-order valence-corrected chi connectivity index (χ2v) is 5.46. The molecule has 0 N–H and O–H groups in total. The van der Waals surface area contributed by atoms with Gasteiger partial charge < -0.3 is 9.30 Å². The first-order valence-corrected chi connectivity index (χ1v) is 7.70. The van der Waals surface area contributed by atoms with Crippen molar-refractivity contribution in [3.63, 3.8) is 0 Å². The summed E-state index contributed by atoms with van der Waals surface area (Å²) in [5, 5.41) is 0. The van der Waals surface area contributed by atoms with Crippen LogP contribution in [-0.4, -0.2) is 33.0 Å². The molecule has 0 bridgehead atoms. The van der Waals surface area contributed by atoms with Gasteiger partial charge >= 0.3 is 5.97 Å². The molecule has 108 valence electrons. The van der Waals surface area contributed by atoms with Crippen molar-refractivity contribution in [3.8, 4) is 0 Å². The summed E-state index contributed by atoms with van der Waals surface area (Å²) in [5.41, 5.74) is 1.56. The van der Waals surface area contributed by atoms with E-state index in [2.05, 4.69) is 25.9 Å². The molecule has 0 unspecified atom stereocenters. The molecule has 0 saturated heterocycles. The Bertz CT molecular complexity index is 615. The molecular weight excluding hydrogens is 346 g/mol. The minimum Gasteiger partial charge on any atom is -0.466 e. The molecule has 0 fully saturated rings. The van der Waals surface area contributed by atoms with Crippen molar-refractivity contribution in [1.82, 2.24) is 14.5 Å². The summed E-state index contributed by atoms with van der Waals surface area (Å²) in [6.45, 7) is 2.68. The molecule has 0 saturated carbocycles. The van der Waals surface area contributed by atoms with E-state index in [1.807, 2.05) is 10.6 Å². The van der Waals surface area contributed by atoms with Crippen molar-refractivity contribution in [2.45, 2.75) is 26.3 Å². The molecule has 0 atom stereocenters. The Morgan fingerprint density at radius 1 is 1.55 bits per heavy atom. The Hall–Kier alpha value is -1.14. The second-order valence-electron chi connectivity index (χ2n) is 4.17. The smallest absolute Gasteiger partial charge is 0.307 e. The molecule has 0 aliphatic carbocycles. The monoisotopic (exact) mass is 359 g/mol. The van der Waals surface area contributed by atoms with Crippen LogP contribution >= 0.6 is 27.5 Å². The first kappa shape index (κ1) is 15.3. The third kappa shape index (κ3) is 3.49. The lowest BCUT2D eigenvalue weighted by atomic mass is 10.4. The van der Waals surface area contributed by atoms with Crippen molar-refractivity contribution in [2.75, 3.05) is 12.5 Å². The van der Waals surface area contributed by atoms with Gasteiger partial charge in [0.25, 0.3) is 0 Å². The number of rotatable bonds is 6. The molecular formula is C13H15BrClN3O2. The van der Waals surface area contributed by atoms with Gasteiger partial charge in [-0.1, -0.05) is 0 Å². The van der Waals surface area contributed by atoms with Gasteiger partial charge in [-0.3, -0.25) is 4.79 Å². The molecule has 2 aromatic heterocycles. The van der Waals surface area contributed by atoms with Crippen LogP contribution in [0.3, 0.4) is 0 Å². The van der Waals surface area contributed by atoms with Crippen LogP contribution in [0.25, 0.3) is 11.2 Å². The number of carbonyl (C=O) groups is 1.